The predicted molar refractivity (Wildman–Crippen MR) is 118 cm³/mol. The molecule has 1 aliphatic heterocycles. The minimum absolute atomic E-state index is 0.0946. The average molecular weight is 403 g/mol. The maximum Gasteiger partial charge on any atom is 0.222 e. The molecule has 0 bridgehead atoms. The Morgan fingerprint density at radius 3 is 2.23 bits per heavy atom. The van der Waals surface area contributed by atoms with Crippen molar-refractivity contribution in [3.05, 3.63) is 48.0 Å². The number of aromatic nitrogens is 2. The van der Waals surface area contributed by atoms with Crippen molar-refractivity contribution in [1.29, 1.82) is 0 Å². The Balaban J connectivity index is 1.68. The number of nitrogen functional groups attached to an aromatic ring is 1. The van der Waals surface area contributed by atoms with Crippen LogP contribution in [0, 0.1) is 0 Å². The van der Waals surface area contributed by atoms with Crippen molar-refractivity contribution in [3.63, 3.8) is 0 Å². The number of hydrogen-bond donors (Lipinski definition) is 1. The third-order valence-electron chi connectivity index (χ3n) is 5.46. The molecule has 0 unspecified atom stereocenters. The van der Waals surface area contributed by atoms with Crippen LogP contribution in [0.2, 0.25) is 0 Å². The Kier molecular flexibility index (Phi) is 5.35. The summed E-state index contributed by atoms with van der Waals surface area (Å²) in [6, 6.07) is 14.1. The molecule has 7 heteroatoms. The monoisotopic (exact) mass is 403 g/mol. The second kappa shape index (κ2) is 8.10. The standard InChI is InChI=1S/C23H25N5O2/c1-15(29)13-17-3-5-18(6-4-17)19-7-8-21-20(14-19)22(26-23(24)25-21)28-11-9-27(10-12-28)16(2)30/h3-8,14H,9-13H2,1-2H3,(H2,24,25,26). The van der Waals surface area contributed by atoms with Crippen molar-refractivity contribution in [3.8, 4) is 11.1 Å². The van der Waals surface area contributed by atoms with Crippen LogP contribution < -0.4 is 10.6 Å². The van der Waals surface area contributed by atoms with Gasteiger partial charge in [-0.15, -0.1) is 0 Å². The van der Waals surface area contributed by atoms with Crippen LogP contribution in [0.25, 0.3) is 22.0 Å². The number of piperazine rings is 1. The van der Waals surface area contributed by atoms with Crippen molar-refractivity contribution in [2.24, 2.45) is 0 Å². The fraction of sp³-hybridized carbons (Fsp3) is 0.304. The van der Waals surface area contributed by atoms with E-state index in [9.17, 15) is 9.59 Å². The number of nitrogens with two attached hydrogens (primary N) is 1. The van der Waals surface area contributed by atoms with Crippen molar-refractivity contribution >= 4 is 34.4 Å². The van der Waals surface area contributed by atoms with Crippen molar-refractivity contribution in [2.75, 3.05) is 36.8 Å². The minimum atomic E-state index is 0.0946. The summed E-state index contributed by atoms with van der Waals surface area (Å²) in [6.07, 6.45) is 0.446. The zero-order chi connectivity index (χ0) is 21.3. The molecule has 154 valence electrons. The third kappa shape index (κ3) is 4.10. The third-order valence-corrected chi connectivity index (χ3v) is 5.46. The average Bonchev–Trinajstić information content (AvgIpc) is 2.73. The van der Waals surface area contributed by atoms with Gasteiger partial charge in [0.2, 0.25) is 11.9 Å². The van der Waals surface area contributed by atoms with Crippen LogP contribution in [-0.2, 0) is 16.0 Å². The summed E-state index contributed by atoms with van der Waals surface area (Å²) in [5.41, 5.74) is 9.89. The summed E-state index contributed by atoms with van der Waals surface area (Å²) in [5, 5.41) is 0.936. The van der Waals surface area contributed by atoms with Crippen LogP contribution in [0.5, 0.6) is 0 Å². The second-order valence-electron chi connectivity index (χ2n) is 7.71. The van der Waals surface area contributed by atoms with E-state index in [0.717, 1.165) is 33.4 Å². The number of fused-ring (bicyclic) bond motifs is 1. The van der Waals surface area contributed by atoms with Gasteiger partial charge in [-0.2, -0.15) is 4.98 Å². The number of rotatable bonds is 4. The Labute approximate surface area is 175 Å². The highest BCUT2D eigenvalue weighted by Gasteiger charge is 2.22. The summed E-state index contributed by atoms with van der Waals surface area (Å²) < 4.78 is 0. The van der Waals surface area contributed by atoms with Gasteiger partial charge in [0.25, 0.3) is 0 Å². The number of anilines is 2. The fourth-order valence-electron chi connectivity index (χ4n) is 3.89. The molecule has 2 aromatic carbocycles. The summed E-state index contributed by atoms with van der Waals surface area (Å²) >= 11 is 0. The maximum atomic E-state index is 11.6. The molecule has 3 aromatic rings. The Morgan fingerprint density at radius 1 is 0.933 bits per heavy atom. The van der Waals surface area contributed by atoms with Crippen molar-refractivity contribution in [1.82, 2.24) is 14.9 Å². The highest BCUT2D eigenvalue weighted by molar-refractivity contribution is 5.94. The highest BCUT2D eigenvalue weighted by atomic mass is 16.2. The summed E-state index contributed by atoms with van der Waals surface area (Å²) in [4.78, 5) is 35.9. The van der Waals surface area contributed by atoms with Crippen molar-refractivity contribution in [2.45, 2.75) is 20.3 Å². The van der Waals surface area contributed by atoms with E-state index in [1.807, 2.05) is 41.3 Å². The lowest BCUT2D eigenvalue weighted by atomic mass is 10.0. The maximum absolute atomic E-state index is 11.6. The normalized spacial score (nSPS) is 14.2. The van der Waals surface area contributed by atoms with Gasteiger partial charge in [-0.3, -0.25) is 9.59 Å². The smallest absolute Gasteiger partial charge is 0.222 e. The van der Waals surface area contributed by atoms with Crippen LogP contribution in [0.1, 0.15) is 19.4 Å². The molecule has 2 N–H and O–H groups in total. The number of amides is 1. The van der Waals surface area contributed by atoms with Gasteiger partial charge in [-0.05, 0) is 35.7 Å². The molecule has 7 nitrogen and oxygen atoms in total. The Hall–Kier alpha value is -3.48. The first-order chi connectivity index (χ1) is 14.4. The molecule has 0 aliphatic carbocycles. The summed E-state index contributed by atoms with van der Waals surface area (Å²) in [7, 11) is 0. The summed E-state index contributed by atoms with van der Waals surface area (Å²) in [6.45, 7) is 5.93. The predicted octanol–water partition coefficient (Wildman–Crippen LogP) is 2.68. The first kappa shape index (κ1) is 19.8. The Bertz CT molecular complexity index is 1100. The van der Waals surface area contributed by atoms with Gasteiger partial charge in [0, 0.05) is 44.9 Å². The molecule has 0 atom stereocenters. The van der Waals surface area contributed by atoms with Gasteiger partial charge < -0.3 is 15.5 Å². The lowest BCUT2D eigenvalue weighted by Crippen LogP contribution is -2.48. The molecule has 0 saturated carbocycles. The molecular weight excluding hydrogens is 378 g/mol. The molecule has 1 amide bonds. The molecule has 1 saturated heterocycles. The van der Waals surface area contributed by atoms with E-state index >= 15 is 0 Å². The highest BCUT2D eigenvalue weighted by Crippen LogP contribution is 2.30. The van der Waals surface area contributed by atoms with Gasteiger partial charge >= 0.3 is 0 Å². The molecule has 1 fully saturated rings. The number of hydrogen-bond acceptors (Lipinski definition) is 6. The van der Waals surface area contributed by atoms with Gasteiger partial charge in [-0.1, -0.05) is 30.3 Å². The number of carbonyl (C=O) groups is 2. The fourth-order valence-corrected chi connectivity index (χ4v) is 3.89. The number of ketones is 1. The van der Waals surface area contributed by atoms with Gasteiger partial charge in [-0.25, -0.2) is 4.98 Å². The Morgan fingerprint density at radius 2 is 1.60 bits per heavy atom. The molecule has 30 heavy (non-hydrogen) atoms. The SMILES string of the molecule is CC(=O)Cc1ccc(-c2ccc3nc(N)nc(N4CCN(C(C)=O)CC4)c3c2)cc1. The molecule has 1 aliphatic rings. The number of Topliss-reactive ketones (excluding diaryl/α,β-unsaturated/α-hetero) is 1. The number of nitrogens with zero attached hydrogens (tertiary/aromatic N) is 4. The van der Waals surface area contributed by atoms with Crippen LogP contribution >= 0.6 is 0 Å². The molecule has 0 radical (unpaired) electrons. The van der Waals surface area contributed by atoms with Crippen LogP contribution in [0.15, 0.2) is 42.5 Å². The van der Waals surface area contributed by atoms with Gasteiger partial charge in [0.15, 0.2) is 0 Å². The first-order valence-electron chi connectivity index (χ1n) is 10.1. The number of benzene rings is 2. The topological polar surface area (TPSA) is 92.4 Å². The van der Waals surface area contributed by atoms with Crippen LogP contribution in [0.4, 0.5) is 11.8 Å². The van der Waals surface area contributed by atoms with Crippen molar-refractivity contribution < 1.29 is 9.59 Å². The molecule has 1 aromatic heterocycles. The lowest BCUT2D eigenvalue weighted by Gasteiger charge is -2.35. The van der Waals surface area contributed by atoms with Gasteiger partial charge in [0.1, 0.15) is 11.6 Å². The van der Waals surface area contributed by atoms with E-state index in [-0.39, 0.29) is 17.6 Å². The van der Waals surface area contributed by atoms with E-state index in [0.29, 0.717) is 32.6 Å². The first-order valence-corrected chi connectivity index (χ1v) is 10.1. The minimum Gasteiger partial charge on any atom is -0.368 e. The summed E-state index contributed by atoms with van der Waals surface area (Å²) in [5.74, 6) is 1.29. The van der Waals surface area contributed by atoms with Crippen LogP contribution in [0.3, 0.4) is 0 Å². The molecule has 0 spiro atoms. The number of carbonyl (C=O) groups excluding carboxylic acids is 2. The van der Waals surface area contributed by atoms with Gasteiger partial charge in [0.05, 0.1) is 5.52 Å². The van der Waals surface area contributed by atoms with E-state index in [1.54, 1.807) is 13.8 Å². The molecular formula is C23H25N5O2. The molecule has 2 heterocycles. The van der Waals surface area contributed by atoms with Crippen LogP contribution in [-0.4, -0.2) is 52.7 Å². The second-order valence-corrected chi connectivity index (χ2v) is 7.71. The van der Waals surface area contributed by atoms with E-state index in [2.05, 4.69) is 20.9 Å². The largest absolute Gasteiger partial charge is 0.368 e. The zero-order valence-electron chi connectivity index (χ0n) is 17.3. The van der Waals surface area contributed by atoms with E-state index in [4.69, 9.17) is 5.73 Å². The quantitative estimate of drug-likeness (QED) is 0.720. The zero-order valence-corrected chi connectivity index (χ0v) is 17.3. The lowest BCUT2D eigenvalue weighted by molar-refractivity contribution is -0.129. The molecule has 4 rings (SSSR count). The van der Waals surface area contributed by atoms with E-state index < -0.39 is 0 Å². The van der Waals surface area contributed by atoms with E-state index in [1.165, 1.54) is 0 Å².